The molecule has 33 heavy (non-hydrogen) atoms. The summed E-state index contributed by atoms with van der Waals surface area (Å²) < 4.78 is 37.6. The van der Waals surface area contributed by atoms with Crippen molar-refractivity contribution in [3.05, 3.63) is 58.1 Å². The zero-order valence-corrected chi connectivity index (χ0v) is 19.3. The molecule has 0 aliphatic carbocycles. The summed E-state index contributed by atoms with van der Waals surface area (Å²) in [6.07, 6.45) is 0. The summed E-state index contributed by atoms with van der Waals surface area (Å²) in [6, 6.07) is 8.56. The highest BCUT2D eigenvalue weighted by atomic mass is 32.2. The van der Waals surface area contributed by atoms with Crippen LogP contribution in [0.25, 0.3) is 0 Å². The number of aryl methyl sites for hydroxylation is 1. The van der Waals surface area contributed by atoms with Crippen LogP contribution in [-0.2, 0) is 24.3 Å². The fourth-order valence-corrected chi connectivity index (χ4v) is 4.09. The van der Waals surface area contributed by atoms with Crippen molar-refractivity contribution in [2.45, 2.75) is 31.7 Å². The molecule has 0 aliphatic heterocycles. The Labute approximate surface area is 191 Å². The maximum atomic E-state index is 12.7. The molecule has 0 spiro atoms. The highest BCUT2D eigenvalue weighted by molar-refractivity contribution is 7.89. The van der Waals surface area contributed by atoms with E-state index in [-0.39, 0.29) is 16.3 Å². The van der Waals surface area contributed by atoms with E-state index in [2.05, 4.69) is 10.0 Å². The Balaban J connectivity index is 2.05. The predicted molar refractivity (Wildman–Crippen MR) is 119 cm³/mol. The number of ether oxygens (including phenoxy) is 2. The van der Waals surface area contributed by atoms with Crippen molar-refractivity contribution in [1.29, 1.82) is 0 Å². The molecule has 1 atom stereocenters. The van der Waals surface area contributed by atoms with E-state index in [1.54, 1.807) is 26.8 Å². The number of sulfonamides is 1. The Kier molecular flexibility index (Phi) is 8.49. The molecule has 0 radical (unpaired) electrons. The van der Waals surface area contributed by atoms with Crippen molar-refractivity contribution in [3.63, 3.8) is 0 Å². The van der Waals surface area contributed by atoms with Gasteiger partial charge in [0.1, 0.15) is 17.5 Å². The quantitative estimate of drug-likeness (QED) is 0.299. The number of benzene rings is 2. The first kappa shape index (κ1) is 25.7. The van der Waals surface area contributed by atoms with Gasteiger partial charge in [0.2, 0.25) is 10.0 Å². The van der Waals surface area contributed by atoms with Crippen LogP contribution in [0, 0.1) is 23.0 Å². The second-order valence-corrected chi connectivity index (χ2v) is 9.17. The molecule has 0 saturated carbocycles. The van der Waals surface area contributed by atoms with Crippen LogP contribution in [-0.4, -0.2) is 45.0 Å². The van der Waals surface area contributed by atoms with E-state index in [1.165, 1.54) is 43.5 Å². The number of nitrogens with zero attached hydrogens (tertiary/aromatic N) is 1. The molecule has 2 aromatic carbocycles. The minimum absolute atomic E-state index is 0.0488. The van der Waals surface area contributed by atoms with Gasteiger partial charge in [0.25, 0.3) is 11.6 Å². The van der Waals surface area contributed by atoms with E-state index in [1.807, 2.05) is 0 Å². The number of nitro groups is 1. The molecule has 0 aliphatic rings. The van der Waals surface area contributed by atoms with Gasteiger partial charge in [0.05, 0.1) is 16.9 Å². The predicted octanol–water partition coefficient (Wildman–Crippen LogP) is 2.40. The maximum absolute atomic E-state index is 12.7. The summed E-state index contributed by atoms with van der Waals surface area (Å²) >= 11 is 0. The minimum Gasteiger partial charge on any atom is -0.497 e. The third kappa shape index (κ3) is 6.99. The van der Waals surface area contributed by atoms with Crippen LogP contribution < -0.4 is 14.8 Å². The van der Waals surface area contributed by atoms with Gasteiger partial charge in [-0.3, -0.25) is 19.7 Å². The SMILES string of the molecule is COc1ccc(S(=O)(=O)NC(C(=O)OCC(=O)Nc2ccc(C)cc2[N+](=O)[O-])C(C)C)cc1. The summed E-state index contributed by atoms with van der Waals surface area (Å²) in [7, 11) is -2.62. The molecule has 2 aromatic rings. The lowest BCUT2D eigenvalue weighted by Gasteiger charge is -2.20. The van der Waals surface area contributed by atoms with Crippen LogP contribution in [0.1, 0.15) is 19.4 Å². The van der Waals surface area contributed by atoms with E-state index in [9.17, 15) is 28.1 Å². The number of esters is 1. The summed E-state index contributed by atoms with van der Waals surface area (Å²) in [5.41, 5.74) is 0.282. The van der Waals surface area contributed by atoms with Crippen molar-refractivity contribution in [2.75, 3.05) is 19.0 Å². The first-order valence-corrected chi connectivity index (χ1v) is 11.3. The molecule has 0 heterocycles. The van der Waals surface area contributed by atoms with Gasteiger partial charge in [-0.1, -0.05) is 19.9 Å². The van der Waals surface area contributed by atoms with Crippen LogP contribution in [0.15, 0.2) is 47.4 Å². The largest absolute Gasteiger partial charge is 0.497 e. The lowest BCUT2D eigenvalue weighted by molar-refractivity contribution is -0.384. The molecular weight excluding hydrogens is 454 g/mol. The van der Waals surface area contributed by atoms with Crippen LogP contribution in [0.2, 0.25) is 0 Å². The van der Waals surface area contributed by atoms with Crippen LogP contribution >= 0.6 is 0 Å². The normalized spacial score (nSPS) is 12.2. The zero-order chi connectivity index (χ0) is 24.8. The highest BCUT2D eigenvalue weighted by Gasteiger charge is 2.30. The first-order chi connectivity index (χ1) is 15.4. The van der Waals surface area contributed by atoms with E-state index < -0.39 is 45.4 Å². The van der Waals surface area contributed by atoms with Gasteiger partial charge >= 0.3 is 5.97 Å². The van der Waals surface area contributed by atoms with Gasteiger partial charge in [-0.15, -0.1) is 0 Å². The molecule has 12 heteroatoms. The van der Waals surface area contributed by atoms with Crippen molar-refractivity contribution >= 4 is 33.3 Å². The number of rotatable bonds is 10. The number of nitrogens with one attached hydrogen (secondary N) is 2. The van der Waals surface area contributed by atoms with Gasteiger partial charge in [-0.05, 0) is 48.7 Å². The topological polar surface area (TPSA) is 154 Å². The molecule has 0 fully saturated rings. The van der Waals surface area contributed by atoms with E-state index in [0.717, 1.165) is 0 Å². The molecule has 1 unspecified atom stereocenters. The van der Waals surface area contributed by atoms with Gasteiger partial charge in [-0.2, -0.15) is 4.72 Å². The van der Waals surface area contributed by atoms with Crippen LogP contribution in [0.4, 0.5) is 11.4 Å². The zero-order valence-electron chi connectivity index (χ0n) is 18.5. The summed E-state index contributed by atoms with van der Waals surface area (Å²) in [5, 5.41) is 13.5. The average Bonchev–Trinajstić information content (AvgIpc) is 2.76. The number of anilines is 1. The summed E-state index contributed by atoms with van der Waals surface area (Å²) in [5.74, 6) is -1.80. The molecule has 178 valence electrons. The Bertz CT molecular complexity index is 1130. The van der Waals surface area contributed by atoms with Gasteiger partial charge < -0.3 is 14.8 Å². The second kappa shape index (κ2) is 10.9. The molecular formula is C21H25N3O8S. The van der Waals surface area contributed by atoms with Crippen molar-refractivity contribution in [1.82, 2.24) is 4.72 Å². The van der Waals surface area contributed by atoms with Gasteiger partial charge in [0, 0.05) is 6.07 Å². The molecule has 0 bridgehead atoms. The Morgan fingerprint density at radius 1 is 1.12 bits per heavy atom. The minimum atomic E-state index is -4.06. The third-order valence-electron chi connectivity index (χ3n) is 4.54. The van der Waals surface area contributed by atoms with Crippen molar-refractivity contribution in [3.8, 4) is 5.75 Å². The summed E-state index contributed by atoms with van der Waals surface area (Å²) in [6.45, 7) is 4.13. The van der Waals surface area contributed by atoms with Crippen LogP contribution in [0.5, 0.6) is 5.75 Å². The Morgan fingerprint density at radius 3 is 2.30 bits per heavy atom. The van der Waals surface area contributed by atoms with Gasteiger partial charge in [-0.25, -0.2) is 8.42 Å². The lowest BCUT2D eigenvalue weighted by Crippen LogP contribution is -2.45. The number of hydrogen-bond donors (Lipinski definition) is 2. The maximum Gasteiger partial charge on any atom is 0.324 e. The van der Waals surface area contributed by atoms with Crippen LogP contribution in [0.3, 0.4) is 0 Å². The summed E-state index contributed by atoms with van der Waals surface area (Å²) in [4.78, 5) is 35.1. The number of carbonyl (C=O) groups excluding carboxylic acids is 2. The second-order valence-electron chi connectivity index (χ2n) is 7.45. The molecule has 1 amide bonds. The standard InChI is InChI=1S/C21H25N3O8S/c1-13(2)20(23-33(29,30)16-8-6-15(31-4)7-9-16)21(26)32-12-19(25)22-17-10-5-14(3)11-18(17)24(27)28/h5-11,13,20,23H,12H2,1-4H3,(H,22,25). The highest BCUT2D eigenvalue weighted by Crippen LogP contribution is 2.25. The third-order valence-corrected chi connectivity index (χ3v) is 6.00. The molecule has 0 aromatic heterocycles. The molecule has 2 rings (SSSR count). The number of amides is 1. The Morgan fingerprint density at radius 2 is 1.76 bits per heavy atom. The number of nitro benzene ring substituents is 1. The number of methoxy groups -OCH3 is 1. The van der Waals surface area contributed by atoms with E-state index in [0.29, 0.717) is 11.3 Å². The fourth-order valence-electron chi connectivity index (χ4n) is 2.76. The molecule has 2 N–H and O–H groups in total. The lowest BCUT2D eigenvalue weighted by atomic mass is 10.1. The van der Waals surface area contributed by atoms with E-state index in [4.69, 9.17) is 9.47 Å². The molecule has 0 saturated heterocycles. The smallest absolute Gasteiger partial charge is 0.324 e. The Hall–Kier alpha value is -3.51. The van der Waals surface area contributed by atoms with Gasteiger partial charge in [0.15, 0.2) is 6.61 Å². The number of carbonyl (C=O) groups is 2. The molecule has 11 nitrogen and oxygen atoms in total. The average molecular weight is 480 g/mol. The van der Waals surface area contributed by atoms with Crippen molar-refractivity contribution < 1.29 is 32.4 Å². The number of hydrogen-bond acceptors (Lipinski definition) is 8. The monoisotopic (exact) mass is 479 g/mol. The van der Waals surface area contributed by atoms with Crippen molar-refractivity contribution in [2.24, 2.45) is 5.92 Å². The van der Waals surface area contributed by atoms with E-state index >= 15 is 0 Å². The fraction of sp³-hybridized carbons (Fsp3) is 0.333. The first-order valence-electron chi connectivity index (χ1n) is 9.82.